The summed E-state index contributed by atoms with van der Waals surface area (Å²) in [5.74, 6) is 5.85. The van der Waals surface area contributed by atoms with E-state index >= 15 is 0 Å². The first-order valence-corrected chi connectivity index (χ1v) is 7.68. The molecule has 0 aromatic heterocycles. The molecule has 3 atom stereocenters. The molecule has 0 heterocycles. The molecule has 0 aliphatic rings. The van der Waals surface area contributed by atoms with Crippen molar-refractivity contribution in [3.05, 3.63) is 0 Å². The third kappa shape index (κ3) is 5.44. The lowest BCUT2D eigenvalue weighted by Gasteiger charge is -2.36. The second-order valence-corrected chi connectivity index (χ2v) is 7.36. The maximum atomic E-state index is 2.47. The molecule has 0 saturated carbocycles. The summed E-state index contributed by atoms with van der Waals surface area (Å²) in [7, 11) is 0. The third-order valence-electron chi connectivity index (χ3n) is 4.93. The van der Waals surface area contributed by atoms with Gasteiger partial charge in [0.2, 0.25) is 0 Å². The van der Waals surface area contributed by atoms with Crippen molar-refractivity contribution in [1.82, 2.24) is 0 Å². The molecule has 0 N–H and O–H groups in total. The van der Waals surface area contributed by atoms with Crippen LogP contribution >= 0.6 is 0 Å². The summed E-state index contributed by atoms with van der Waals surface area (Å²) >= 11 is 0. The van der Waals surface area contributed by atoms with E-state index in [1.165, 1.54) is 6.42 Å². The topological polar surface area (TPSA) is 0 Å². The maximum Gasteiger partial charge on any atom is -0.0340 e. The van der Waals surface area contributed by atoms with Gasteiger partial charge in [0.25, 0.3) is 0 Å². The van der Waals surface area contributed by atoms with Crippen LogP contribution in [-0.2, 0) is 0 Å². The van der Waals surface area contributed by atoms with Crippen molar-refractivity contribution >= 4 is 0 Å². The summed E-state index contributed by atoms with van der Waals surface area (Å²) in [6, 6.07) is 0. The largest absolute Gasteiger partial charge is 0.0625 e. The Morgan fingerprint density at radius 1 is 0.529 bits per heavy atom. The minimum atomic E-state index is 0.807. The fourth-order valence-corrected chi connectivity index (χ4v) is 3.44. The Morgan fingerprint density at radius 2 is 0.941 bits per heavy atom. The van der Waals surface area contributed by atoms with Gasteiger partial charge in [-0.3, -0.25) is 0 Å². The van der Waals surface area contributed by atoms with Crippen LogP contribution in [0.2, 0.25) is 0 Å². The van der Waals surface area contributed by atoms with Crippen LogP contribution in [-0.4, -0.2) is 0 Å². The summed E-state index contributed by atoms with van der Waals surface area (Å²) in [4.78, 5) is 0. The minimum Gasteiger partial charge on any atom is -0.0625 e. The Morgan fingerprint density at radius 3 is 1.24 bits per heavy atom. The molecule has 0 spiro atoms. The predicted molar refractivity (Wildman–Crippen MR) is 80.1 cm³/mol. The van der Waals surface area contributed by atoms with Crippen molar-refractivity contribution in [2.75, 3.05) is 0 Å². The standard InChI is InChI=1S/C17H36/c1-11(2)14(7)10-15(8)16(9)17(12(3)4)13(5)6/h11-17H,10H2,1-9H3. The smallest absolute Gasteiger partial charge is 0.0340 e. The Kier molecular flexibility index (Phi) is 7.44. The molecule has 0 aromatic rings. The van der Waals surface area contributed by atoms with Gasteiger partial charge in [-0.25, -0.2) is 0 Å². The second kappa shape index (κ2) is 7.44. The molecule has 0 rings (SSSR count). The average Bonchev–Trinajstić information content (AvgIpc) is 2.15. The molecule has 104 valence electrons. The van der Waals surface area contributed by atoms with Crippen molar-refractivity contribution in [2.24, 2.45) is 41.4 Å². The van der Waals surface area contributed by atoms with Gasteiger partial charge < -0.3 is 0 Å². The Bertz CT molecular complexity index is 182. The van der Waals surface area contributed by atoms with E-state index in [2.05, 4.69) is 62.3 Å². The zero-order valence-corrected chi connectivity index (χ0v) is 13.7. The van der Waals surface area contributed by atoms with Crippen LogP contribution in [0, 0.1) is 41.4 Å². The van der Waals surface area contributed by atoms with E-state index in [4.69, 9.17) is 0 Å². The summed E-state index contributed by atoms with van der Waals surface area (Å²) in [5, 5.41) is 0. The van der Waals surface area contributed by atoms with Crippen LogP contribution < -0.4 is 0 Å². The highest BCUT2D eigenvalue weighted by molar-refractivity contribution is 4.78. The lowest BCUT2D eigenvalue weighted by atomic mass is 9.69. The normalized spacial score (nSPS) is 18.2. The molecule has 0 aliphatic carbocycles. The van der Waals surface area contributed by atoms with Gasteiger partial charge in [0.15, 0.2) is 0 Å². The van der Waals surface area contributed by atoms with Crippen LogP contribution in [0.15, 0.2) is 0 Å². The number of rotatable bonds is 7. The van der Waals surface area contributed by atoms with Crippen molar-refractivity contribution in [2.45, 2.75) is 68.7 Å². The molecule has 0 aromatic carbocycles. The Balaban J connectivity index is 4.50. The van der Waals surface area contributed by atoms with E-state index in [0.29, 0.717) is 0 Å². The van der Waals surface area contributed by atoms with Gasteiger partial charge in [-0.15, -0.1) is 0 Å². The quantitative estimate of drug-likeness (QED) is 0.522. The third-order valence-corrected chi connectivity index (χ3v) is 4.93. The Hall–Kier alpha value is 0. The highest BCUT2D eigenvalue weighted by atomic mass is 14.3. The van der Waals surface area contributed by atoms with Gasteiger partial charge in [0.05, 0.1) is 0 Å². The van der Waals surface area contributed by atoms with Gasteiger partial charge >= 0.3 is 0 Å². The molecular formula is C17H36. The van der Waals surface area contributed by atoms with Gasteiger partial charge in [0.1, 0.15) is 0 Å². The maximum absolute atomic E-state index is 2.47. The summed E-state index contributed by atoms with van der Waals surface area (Å²) in [5.41, 5.74) is 0. The zero-order valence-electron chi connectivity index (χ0n) is 13.7. The first kappa shape index (κ1) is 17.0. The molecule has 17 heavy (non-hydrogen) atoms. The number of hydrogen-bond donors (Lipinski definition) is 0. The van der Waals surface area contributed by atoms with Gasteiger partial charge in [0, 0.05) is 0 Å². The van der Waals surface area contributed by atoms with Crippen molar-refractivity contribution < 1.29 is 0 Å². The van der Waals surface area contributed by atoms with Crippen molar-refractivity contribution in [1.29, 1.82) is 0 Å². The zero-order chi connectivity index (χ0) is 13.7. The predicted octanol–water partition coefficient (Wildman–Crippen LogP) is 5.87. The van der Waals surface area contributed by atoms with Gasteiger partial charge in [-0.2, -0.15) is 0 Å². The second-order valence-electron chi connectivity index (χ2n) is 7.36. The molecule has 0 saturated heterocycles. The lowest BCUT2D eigenvalue weighted by Crippen LogP contribution is -2.29. The fraction of sp³-hybridized carbons (Fsp3) is 1.00. The molecule has 0 nitrogen and oxygen atoms in total. The van der Waals surface area contributed by atoms with E-state index in [9.17, 15) is 0 Å². The van der Waals surface area contributed by atoms with Gasteiger partial charge in [-0.1, -0.05) is 62.3 Å². The molecule has 0 radical (unpaired) electrons. The van der Waals surface area contributed by atoms with Crippen LogP contribution in [0.25, 0.3) is 0 Å². The van der Waals surface area contributed by atoms with Crippen molar-refractivity contribution in [3.63, 3.8) is 0 Å². The van der Waals surface area contributed by atoms with E-state index in [1.807, 2.05) is 0 Å². The highest BCUT2D eigenvalue weighted by Gasteiger charge is 2.28. The summed E-state index contributed by atoms with van der Waals surface area (Å²) < 4.78 is 0. The molecule has 0 aliphatic heterocycles. The summed E-state index contributed by atoms with van der Waals surface area (Å²) in [6.45, 7) is 21.6. The van der Waals surface area contributed by atoms with E-state index in [-0.39, 0.29) is 0 Å². The minimum absolute atomic E-state index is 0.807. The van der Waals surface area contributed by atoms with E-state index < -0.39 is 0 Å². The van der Waals surface area contributed by atoms with Gasteiger partial charge in [-0.05, 0) is 47.8 Å². The van der Waals surface area contributed by atoms with Crippen LogP contribution in [0.1, 0.15) is 68.7 Å². The summed E-state index contributed by atoms with van der Waals surface area (Å²) in [6.07, 6.45) is 1.38. The van der Waals surface area contributed by atoms with E-state index in [0.717, 1.165) is 41.4 Å². The average molecular weight is 240 g/mol. The molecule has 0 amide bonds. The van der Waals surface area contributed by atoms with Crippen LogP contribution in [0.3, 0.4) is 0 Å². The molecule has 0 bridgehead atoms. The fourth-order valence-electron chi connectivity index (χ4n) is 3.44. The number of hydrogen-bond acceptors (Lipinski definition) is 0. The first-order valence-electron chi connectivity index (χ1n) is 7.68. The Labute approximate surface area is 111 Å². The van der Waals surface area contributed by atoms with E-state index in [1.54, 1.807) is 0 Å². The lowest BCUT2D eigenvalue weighted by molar-refractivity contribution is 0.131. The highest BCUT2D eigenvalue weighted by Crippen LogP contribution is 2.36. The molecule has 0 heteroatoms. The molecular weight excluding hydrogens is 204 g/mol. The first-order chi connectivity index (χ1) is 7.68. The molecule has 3 unspecified atom stereocenters. The van der Waals surface area contributed by atoms with Crippen LogP contribution in [0.5, 0.6) is 0 Å². The SMILES string of the molecule is CC(C)C(C)CC(C)C(C)C(C(C)C)C(C)C. The molecule has 0 fully saturated rings. The van der Waals surface area contributed by atoms with Crippen LogP contribution in [0.4, 0.5) is 0 Å². The monoisotopic (exact) mass is 240 g/mol. The van der Waals surface area contributed by atoms with Crippen molar-refractivity contribution in [3.8, 4) is 0 Å².